The monoisotopic (exact) mass is 487 g/mol. The largest absolute Gasteiger partial charge is 0.457 e. The zero-order chi connectivity index (χ0) is 24.2. The fraction of sp³-hybridized carbons (Fsp3) is 0.292. The van der Waals surface area contributed by atoms with Crippen LogP contribution in [0, 0.1) is 5.82 Å². The van der Waals surface area contributed by atoms with Gasteiger partial charge in [-0.2, -0.15) is 0 Å². The first-order valence-electron chi connectivity index (χ1n) is 10.7. The lowest BCUT2D eigenvalue weighted by atomic mass is 10.1. The zero-order valence-electron chi connectivity index (χ0n) is 18.5. The van der Waals surface area contributed by atoms with Crippen molar-refractivity contribution < 1.29 is 28.2 Å². The van der Waals surface area contributed by atoms with Crippen LogP contribution >= 0.6 is 11.6 Å². The molecule has 1 fully saturated rings. The van der Waals surface area contributed by atoms with Crippen LogP contribution in [0.1, 0.15) is 28.9 Å². The first kappa shape index (κ1) is 23.7. The van der Waals surface area contributed by atoms with E-state index in [1.54, 1.807) is 36.2 Å². The lowest BCUT2D eigenvalue weighted by Crippen LogP contribution is -2.29. The lowest BCUT2D eigenvalue weighted by molar-refractivity contribution is -0.128. The van der Waals surface area contributed by atoms with Crippen molar-refractivity contribution >= 4 is 23.4 Å². The summed E-state index contributed by atoms with van der Waals surface area (Å²) in [6, 6.07) is 9.32. The van der Waals surface area contributed by atoms with E-state index in [1.165, 1.54) is 23.3 Å². The third kappa shape index (κ3) is 5.21. The van der Waals surface area contributed by atoms with Crippen molar-refractivity contribution in [1.82, 2.24) is 14.8 Å². The summed E-state index contributed by atoms with van der Waals surface area (Å²) >= 11 is 5.78. The van der Waals surface area contributed by atoms with Crippen molar-refractivity contribution in [2.24, 2.45) is 0 Å². The van der Waals surface area contributed by atoms with E-state index in [4.69, 9.17) is 25.9 Å². The molecule has 1 N–H and O–H groups in total. The van der Waals surface area contributed by atoms with E-state index in [1.807, 2.05) is 0 Å². The predicted molar refractivity (Wildman–Crippen MR) is 122 cm³/mol. The molecule has 2 amide bonds. The molecular formula is C24H23ClFN3O5. The molecule has 10 heteroatoms. The molecule has 0 spiro atoms. The highest BCUT2D eigenvalue weighted by Gasteiger charge is 2.23. The van der Waals surface area contributed by atoms with Crippen molar-refractivity contribution in [2.75, 3.05) is 26.7 Å². The number of likely N-dealkylation sites (tertiary alicyclic amines) is 1. The quantitative estimate of drug-likeness (QED) is 0.513. The van der Waals surface area contributed by atoms with Crippen molar-refractivity contribution in [1.29, 1.82) is 0 Å². The average Bonchev–Trinajstić information content (AvgIpc) is 3.47. The van der Waals surface area contributed by atoms with Gasteiger partial charge in [-0.15, -0.1) is 0 Å². The Hall–Kier alpha value is -3.43. The van der Waals surface area contributed by atoms with Gasteiger partial charge in [0.1, 0.15) is 23.6 Å². The molecule has 2 heterocycles. The number of aliphatic hydroxyl groups excluding tert-OH is 1. The van der Waals surface area contributed by atoms with Crippen molar-refractivity contribution in [3.63, 3.8) is 0 Å². The molecule has 0 atom stereocenters. The number of carbonyl (C=O) groups is 2. The first-order valence-corrected chi connectivity index (χ1v) is 11.1. The van der Waals surface area contributed by atoms with Gasteiger partial charge in [-0.05, 0) is 30.7 Å². The van der Waals surface area contributed by atoms with E-state index in [0.717, 1.165) is 12.0 Å². The molecule has 34 heavy (non-hydrogen) atoms. The normalized spacial score (nSPS) is 13.4. The number of aliphatic hydroxyl groups is 1. The highest BCUT2D eigenvalue weighted by Crippen LogP contribution is 2.33. The number of carbonyl (C=O) groups excluding carboxylic acids is 2. The fourth-order valence-corrected chi connectivity index (χ4v) is 3.73. The van der Waals surface area contributed by atoms with Gasteiger partial charge in [0.2, 0.25) is 11.8 Å². The summed E-state index contributed by atoms with van der Waals surface area (Å²) in [5.74, 6) is -0.118. The second kappa shape index (κ2) is 10.2. The van der Waals surface area contributed by atoms with E-state index in [2.05, 4.69) is 4.98 Å². The number of nitrogens with zero attached hydrogens (tertiary/aromatic N) is 3. The Balaban J connectivity index is 1.65. The Morgan fingerprint density at radius 2 is 2.15 bits per heavy atom. The van der Waals surface area contributed by atoms with Crippen LogP contribution in [0.2, 0.25) is 5.02 Å². The Labute approximate surface area is 200 Å². The number of amides is 2. The SMILES string of the molecule is CN(CCO)C(=O)c1coc(-c2ccc(CN3CCCC3=O)c(Oc3ccc(Cl)c(F)c3)c2)n1. The molecule has 1 aliphatic heterocycles. The van der Waals surface area contributed by atoms with Gasteiger partial charge in [0, 0.05) is 50.3 Å². The fourth-order valence-electron chi connectivity index (χ4n) is 3.61. The van der Waals surface area contributed by atoms with Crippen LogP contribution < -0.4 is 4.74 Å². The summed E-state index contributed by atoms with van der Waals surface area (Å²) < 4.78 is 25.4. The number of halogens is 2. The number of oxazole rings is 1. The van der Waals surface area contributed by atoms with Gasteiger partial charge < -0.3 is 24.1 Å². The number of aromatic nitrogens is 1. The number of hydrogen-bond acceptors (Lipinski definition) is 6. The standard InChI is InChI=1S/C24H23ClFN3O5/c1-28(9-10-30)24(32)20-14-33-23(27-20)15-4-5-16(13-29-8-2-3-22(29)31)21(11-15)34-17-6-7-18(25)19(26)12-17/h4-7,11-12,14,30H,2-3,8-10,13H2,1H3. The summed E-state index contributed by atoms with van der Waals surface area (Å²) in [4.78, 5) is 31.9. The molecule has 1 saturated heterocycles. The van der Waals surface area contributed by atoms with Gasteiger partial charge in [-0.1, -0.05) is 17.7 Å². The lowest BCUT2D eigenvalue weighted by Gasteiger charge is -2.19. The van der Waals surface area contributed by atoms with Crippen molar-refractivity contribution in [3.05, 3.63) is 64.8 Å². The second-order valence-electron chi connectivity index (χ2n) is 7.91. The van der Waals surface area contributed by atoms with E-state index in [0.29, 0.717) is 30.8 Å². The predicted octanol–water partition coefficient (Wildman–Crippen LogP) is 4.11. The summed E-state index contributed by atoms with van der Waals surface area (Å²) in [6.07, 6.45) is 2.55. The molecule has 0 saturated carbocycles. The topological polar surface area (TPSA) is 96.1 Å². The Morgan fingerprint density at radius 1 is 1.32 bits per heavy atom. The molecular weight excluding hydrogens is 465 g/mol. The third-order valence-corrected chi connectivity index (χ3v) is 5.78. The number of hydrogen-bond donors (Lipinski definition) is 1. The molecule has 178 valence electrons. The van der Waals surface area contributed by atoms with Crippen LogP contribution in [0.4, 0.5) is 4.39 Å². The average molecular weight is 488 g/mol. The summed E-state index contributed by atoms with van der Waals surface area (Å²) in [7, 11) is 1.55. The maximum atomic E-state index is 14.0. The minimum Gasteiger partial charge on any atom is -0.457 e. The van der Waals surface area contributed by atoms with Crippen molar-refractivity contribution in [2.45, 2.75) is 19.4 Å². The molecule has 0 bridgehead atoms. The second-order valence-corrected chi connectivity index (χ2v) is 8.31. The number of benzene rings is 2. The summed E-state index contributed by atoms with van der Waals surface area (Å²) in [6.45, 7) is 0.995. The maximum Gasteiger partial charge on any atom is 0.275 e. The van der Waals surface area contributed by atoms with E-state index in [-0.39, 0.29) is 47.3 Å². The van der Waals surface area contributed by atoms with Crippen LogP contribution in [0.3, 0.4) is 0 Å². The maximum absolute atomic E-state index is 14.0. The molecule has 1 aromatic heterocycles. The van der Waals surface area contributed by atoms with Crippen molar-refractivity contribution in [3.8, 4) is 23.0 Å². The summed E-state index contributed by atoms with van der Waals surface area (Å²) in [5, 5.41) is 9.02. The number of ether oxygens (including phenoxy) is 1. The minimum atomic E-state index is -0.616. The van der Waals surface area contributed by atoms with E-state index < -0.39 is 5.82 Å². The Bertz CT molecular complexity index is 1220. The van der Waals surface area contributed by atoms with Gasteiger partial charge in [0.15, 0.2) is 5.69 Å². The smallest absolute Gasteiger partial charge is 0.275 e. The van der Waals surface area contributed by atoms with Gasteiger partial charge in [0.05, 0.1) is 11.6 Å². The highest BCUT2D eigenvalue weighted by molar-refractivity contribution is 6.30. The molecule has 8 nitrogen and oxygen atoms in total. The van der Waals surface area contributed by atoms with Gasteiger partial charge in [-0.25, -0.2) is 9.37 Å². The minimum absolute atomic E-state index is 0.0212. The Kier molecular flexibility index (Phi) is 7.14. The first-order chi connectivity index (χ1) is 16.4. The Morgan fingerprint density at radius 3 is 2.85 bits per heavy atom. The molecule has 0 unspecified atom stereocenters. The molecule has 0 radical (unpaired) electrons. The van der Waals surface area contributed by atoms with Gasteiger partial charge in [0.25, 0.3) is 5.91 Å². The summed E-state index contributed by atoms with van der Waals surface area (Å²) in [5.41, 5.74) is 1.35. The molecule has 0 aliphatic carbocycles. The van der Waals surface area contributed by atoms with Crippen LogP contribution in [-0.4, -0.2) is 58.4 Å². The molecule has 4 rings (SSSR count). The molecule has 1 aliphatic rings. The van der Waals surface area contributed by atoms with Gasteiger partial charge >= 0.3 is 0 Å². The number of rotatable bonds is 8. The van der Waals surface area contributed by atoms with E-state index >= 15 is 0 Å². The highest BCUT2D eigenvalue weighted by atomic mass is 35.5. The van der Waals surface area contributed by atoms with Crippen LogP contribution in [-0.2, 0) is 11.3 Å². The van der Waals surface area contributed by atoms with Gasteiger partial charge in [-0.3, -0.25) is 9.59 Å². The van der Waals surface area contributed by atoms with Crippen LogP contribution in [0.5, 0.6) is 11.5 Å². The van der Waals surface area contributed by atoms with Crippen LogP contribution in [0.15, 0.2) is 47.1 Å². The van der Waals surface area contributed by atoms with Crippen LogP contribution in [0.25, 0.3) is 11.5 Å². The molecule has 2 aromatic carbocycles. The number of likely N-dealkylation sites (N-methyl/N-ethyl adjacent to an activating group) is 1. The zero-order valence-corrected chi connectivity index (χ0v) is 19.2. The molecule has 3 aromatic rings. The van der Waals surface area contributed by atoms with E-state index in [9.17, 15) is 14.0 Å². The third-order valence-electron chi connectivity index (χ3n) is 5.47.